The number of unbranched alkanes of at least 4 members (excludes halogenated alkanes) is 23. The number of allylic oxidation sites excluding steroid dienone is 4. The Morgan fingerprint density at radius 2 is 0.902 bits per heavy atom. The fourth-order valence-corrected chi connectivity index (χ4v) is 7.93. The van der Waals surface area contributed by atoms with Gasteiger partial charge in [0.1, 0.15) is 5.40 Å². The summed E-state index contributed by atoms with van der Waals surface area (Å²) in [4.78, 5) is 25.4. The van der Waals surface area contributed by atoms with Gasteiger partial charge in [0.05, 0.1) is 6.61 Å². The van der Waals surface area contributed by atoms with Crippen molar-refractivity contribution >= 4 is 33.2 Å². The van der Waals surface area contributed by atoms with Crippen LogP contribution in [0.25, 0.3) is 0 Å². The minimum atomic E-state index is -2.99. The quantitative estimate of drug-likeness (QED) is 0.0268. The van der Waals surface area contributed by atoms with E-state index in [1.807, 2.05) is 0 Å². The van der Waals surface area contributed by atoms with Gasteiger partial charge in [0.2, 0.25) is 0 Å². The predicted molar refractivity (Wildman–Crippen MR) is 221 cm³/mol. The standard InChI is InChI=1S/C43H79NO5SSi/c1-4-7-10-12-14-16-18-20-22-24-26-28-30-32-34-37-42(45)48-51(47-39-41(50-40-44)36-9-6-3)49-43(46)38-35-33-31-29-27-25-23-21-19-17-15-13-11-8-5-2/h20-23,41,51H,4-19,24-39H2,1-3H3/b22-20-,23-21-. The molecule has 0 saturated carbocycles. The van der Waals surface area contributed by atoms with Gasteiger partial charge in [0.25, 0.3) is 11.9 Å². The van der Waals surface area contributed by atoms with Crippen LogP contribution in [0.5, 0.6) is 0 Å². The van der Waals surface area contributed by atoms with Crippen LogP contribution in [0, 0.1) is 10.7 Å². The van der Waals surface area contributed by atoms with Crippen molar-refractivity contribution in [2.24, 2.45) is 0 Å². The highest BCUT2D eigenvalue weighted by Gasteiger charge is 2.27. The van der Waals surface area contributed by atoms with Gasteiger partial charge in [-0.15, -0.1) is 0 Å². The van der Waals surface area contributed by atoms with E-state index in [4.69, 9.17) is 13.3 Å². The highest BCUT2D eigenvalue weighted by atomic mass is 32.2. The Balaban J connectivity index is 4.29. The molecule has 0 spiro atoms. The van der Waals surface area contributed by atoms with Crippen LogP contribution in [0.2, 0.25) is 0 Å². The fraction of sp³-hybridized carbons (Fsp3) is 0.837. The summed E-state index contributed by atoms with van der Waals surface area (Å²) >= 11 is 1.17. The van der Waals surface area contributed by atoms with Crippen molar-refractivity contribution < 1.29 is 22.9 Å². The molecule has 0 aliphatic carbocycles. The summed E-state index contributed by atoms with van der Waals surface area (Å²) in [6.45, 7) is 6.88. The Hall–Kier alpha value is -1.56. The number of hydrogen-bond acceptors (Lipinski definition) is 7. The predicted octanol–water partition coefficient (Wildman–Crippen LogP) is 13.7. The van der Waals surface area contributed by atoms with E-state index in [9.17, 15) is 14.9 Å². The molecule has 0 heterocycles. The van der Waals surface area contributed by atoms with Crippen LogP contribution >= 0.6 is 11.8 Å². The minimum Gasteiger partial charge on any atom is -0.467 e. The third-order valence-electron chi connectivity index (χ3n) is 9.26. The third-order valence-corrected chi connectivity index (χ3v) is 11.4. The summed E-state index contributed by atoms with van der Waals surface area (Å²) < 4.78 is 17.2. The molecular formula is C43H79NO5SSi. The van der Waals surface area contributed by atoms with Crippen molar-refractivity contribution in [3.05, 3.63) is 24.3 Å². The van der Waals surface area contributed by atoms with Crippen LogP contribution in [0.15, 0.2) is 24.3 Å². The Labute approximate surface area is 321 Å². The second kappa shape index (κ2) is 41.2. The summed E-state index contributed by atoms with van der Waals surface area (Å²) in [6.07, 6.45) is 44.0. The average Bonchev–Trinajstić information content (AvgIpc) is 3.12. The number of thiocyanates is 1. The summed E-state index contributed by atoms with van der Waals surface area (Å²) in [5.74, 6) is -0.702. The molecule has 0 aliphatic rings. The zero-order valence-corrected chi connectivity index (χ0v) is 35.5. The lowest BCUT2D eigenvalue weighted by atomic mass is 10.1. The normalized spacial score (nSPS) is 12.2. The van der Waals surface area contributed by atoms with Gasteiger partial charge in [-0.1, -0.05) is 161 Å². The molecule has 1 atom stereocenters. The zero-order chi connectivity index (χ0) is 37.3. The van der Waals surface area contributed by atoms with Crippen molar-refractivity contribution in [1.82, 2.24) is 0 Å². The maximum atomic E-state index is 12.7. The van der Waals surface area contributed by atoms with E-state index >= 15 is 0 Å². The number of thioether (sulfide) groups is 1. The highest BCUT2D eigenvalue weighted by Crippen LogP contribution is 2.18. The molecule has 0 fully saturated rings. The van der Waals surface area contributed by atoms with Crippen LogP contribution < -0.4 is 0 Å². The van der Waals surface area contributed by atoms with E-state index in [0.29, 0.717) is 12.8 Å². The van der Waals surface area contributed by atoms with E-state index in [-0.39, 0.29) is 23.8 Å². The number of nitrogens with zero attached hydrogens (tertiary/aromatic N) is 1. The molecule has 0 bridgehead atoms. The second-order valence-corrected chi connectivity index (χ2v) is 16.7. The van der Waals surface area contributed by atoms with E-state index in [1.165, 1.54) is 127 Å². The number of rotatable bonds is 39. The van der Waals surface area contributed by atoms with Gasteiger partial charge < -0.3 is 13.3 Å². The van der Waals surface area contributed by atoms with Crippen molar-refractivity contribution in [3.63, 3.8) is 0 Å². The third kappa shape index (κ3) is 38.0. The molecule has 0 rings (SSSR count). The molecule has 8 heteroatoms. The molecule has 51 heavy (non-hydrogen) atoms. The van der Waals surface area contributed by atoms with Gasteiger partial charge in [-0.3, -0.25) is 9.59 Å². The van der Waals surface area contributed by atoms with Gasteiger partial charge >= 0.3 is 9.53 Å². The largest absolute Gasteiger partial charge is 0.619 e. The Morgan fingerprint density at radius 3 is 1.27 bits per heavy atom. The van der Waals surface area contributed by atoms with Gasteiger partial charge in [-0.2, -0.15) is 5.26 Å². The van der Waals surface area contributed by atoms with Gasteiger partial charge in [-0.05, 0) is 82.4 Å². The van der Waals surface area contributed by atoms with E-state index in [0.717, 1.165) is 70.6 Å². The van der Waals surface area contributed by atoms with Gasteiger partial charge in [0, 0.05) is 18.1 Å². The first-order chi connectivity index (χ1) is 25.1. The van der Waals surface area contributed by atoms with E-state index in [2.05, 4.69) is 50.5 Å². The lowest BCUT2D eigenvalue weighted by molar-refractivity contribution is -0.143. The molecule has 0 radical (unpaired) electrons. The maximum absolute atomic E-state index is 12.7. The maximum Gasteiger partial charge on any atom is 0.619 e. The number of hydrogen-bond donors (Lipinski definition) is 0. The molecule has 0 N–H and O–H groups in total. The molecule has 0 aromatic rings. The molecule has 0 amide bonds. The summed E-state index contributed by atoms with van der Waals surface area (Å²) in [5.41, 5.74) is 0. The molecule has 296 valence electrons. The first kappa shape index (κ1) is 49.4. The first-order valence-electron chi connectivity index (χ1n) is 21.4. The summed E-state index contributed by atoms with van der Waals surface area (Å²) in [5, 5.41) is 11.3. The number of nitriles is 1. The molecule has 0 aromatic carbocycles. The van der Waals surface area contributed by atoms with Crippen LogP contribution in [-0.4, -0.2) is 33.3 Å². The summed E-state index contributed by atoms with van der Waals surface area (Å²) in [6, 6.07) is 0. The molecule has 0 aliphatic heterocycles. The minimum absolute atomic E-state index is 0.0295. The molecule has 1 unspecified atom stereocenters. The Bertz CT molecular complexity index is 823. The zero-order valence-electron chi connectivity index (χ0n) is 33.5. The Morgan fingerprint density at radius 1 is 0.549 bits per heavy atom. The molecular weight excluding hydrogens is 671 g/mol. The van der Waals surface area contributed by atoms with Crippen LogP contribution in [-0.2, 0) is 22.9 Å². The second-order valence-electron chi connectivity index (χ2n) is 14.2. The van der Waals surface area contributed by atoms with Crippen molar-refractivity contribution in [2.75, 3.05) is 6.61 Å². The number of carbonyl (C=O) groups is 2. The van der Waals surface area contributed by atoms with E-state index < -0.39 is 9.53 Å². The molecule has 0 saturated heterocycles. The molecule has 6 nitrogen and oxygen atoms in total. The summed E-state index contributed by atoms with van der Waals surface area (Å²) in [7, 11) is -2.99. The van der Waals surface area contributed by atoms with Crippen LogP contribution in [0.4, 0.5) is 0 Å². The van der Waals surface area contributed by atoms with Crippen molar-refractivity contribution in [3.8, 4) is 5.40 Å². The van der Waals surface area contributed by atoms with Gasteiger partial charge in [-0.25, -0.2) is 0 Å². The average molecular weight is 750 g/mol. The van der Waals surface area contributed by atoms with Crippen molar-refractivity contribution in [1.29, 1.82) is 5.26 Å². The lowest BCUT2D eigenvalue weighted by Crippen LogP contribution is -2.34. The smallest absolute Gasteiger partial charge is 0.467 e. The lowest BCUT2D eigenvalue weighted by Gasteiger charge is -2.19. The van der Waals surface area contributed by atoms with Crippen LogP contribution in [0.3, 0.4) is 0 Å². The van der Waals surface area contributed by atoms with Crippen molar-refractivity contribution in [2.45, 2.75) is 225 Å². The number of carbonyl (C=O) groups excluding carboxylic acids is 2. The SMILES string of the molecule is CCCCCCCC/C=C\CCCCCCCC(=O)O[SiH](OCC(CCCC)SC#N)OC(=O)CCCCCCC/C=C\CCCCCCCC. The topological polar surface area (TPSA) is 85.6 Å². The first-order valence-corrected chi connectivity index (χ1v) is 23.7. The van der Waals surface area contributed by atoms with Gasteiger partial charge in [0.15, 0.2) is 0 Å². The van der Waals surface area contributed by atoms with E-state index in [1.54, 1.807) is 0 Å². The molecule has 0 aromatic heterocycles. The fourth-order valence-electron chi connectivity index (χ4n) is 5.97. The van der Waals surface area contributed by atoms with Crippen LogP contribution in [0.1, 0.15) is 220 Å². The monoisotopic (exact) mass is 750 g/mol. The Kier molecular flexibility index (Phi) is 39.9. The highest BCUT2D eigenvalue weighted by molar-refractivity contribution is 8.04.